The number of carbonyl (C=O) groups excluding carboxylic acids is 1. The van der Waals surface area contributed by atoms with Gasteiger partial charge < -0.3 is 0 Å². The Bertz CT molecular complexity index is 391. The summed E-state index contributed by atoms with van der Waals surface area (Å²) in [4.78, 5) is 14.4. The minimum atomic E-state index is 0.256. The van der Waals surface area contributed by atoms with Crippen molar-refractivity contribution in [1.82, 2.24) is 0 Å². The lowest BCUT2D eigenvalue weighted by molar-refractivity contribution is 0.0996. The van der Waals surface area contributed by atoms with Crippen LogP contribution in [0.25, 0.3) is 0 Å². The molecule has 0 amide bonds. The Morgan fingerprint density at radius 1 is 1.44 bits per heavy atom. The molecular formula is C14H18OS. The van der Waals surface area contributed by atoms with Gasteiger partial charge in [-0.15, -0.1) is 11.3 Å². The Morgan fingerprint density at radius 3 is 2.88 bits per heavy atom. The van der Waals surface area contributed by atoms with Gasteiger partial charge in [0.05, 0.1) is 4.88 Å². The number of rotatable bonds is 4. The molecule has 0 atom stereocenters. The topological polar surface area (TPSA) is 17.1 Å². The Hall–Kier alpha value is -0.890. The number of allylic oxidation sites excluding steroid dienone is 1. The number of hydrogen-bond acceptors (Lipinski definition) is 2. The van der Waals surface area contributed by atoms with Crippen LogP contribution in [-0.4, -0.2) is 5.78 Å². The van der Waals surface area contributed by atoms with E-state index in [0.29, 0.717) is 6.42 Å². The highest BCUT2D eigenvalue weighted by molar-refractivity contribution is 7.14. The van der Waals surface area contributed by atoms with Crippen LogP contribution in [0.2, 0.25) is 0 Å². The van der Waals surface area contributed by atoms with Crippen molar-refractivity contribution in [2.24, 2.45) is 0 Å². The van der Waals surface area contributed by atoms with Crippen molar-refractivity contribution >= 4 is 17.1 Å². The van der Waals surface area contributed by atoms with Crippen molar-refractivity contribution in [3.05, 3.63) is 33.5 Å². The van der Waals surface area contributed by atoms with E-state index < -0.39 is 0 Å². The second-order valence-electron chi connectivity index (χ2n) is 4.47. The summed E-state index contributed by atoms with van der Waals surface area (Å²) in [5, 5.41) is 0. The molecule has 0 unspecified atom stereocenters. The van der Waals surface area contributed by atoms with Crippen molar-refractivity contribution in [2.75, 3.05) is 0 Å². The van der Waals surface area contributed by atoms with Crippen LogP contribution >= 0.6 is 11.3 Å². The second-order valence-corrected chi connectivity index (χ2v) is 5.61. The third-order valence-corrected chi connectivity index (χ3v) is 4.46. The summed E-state index contributed by atoms with van der Waals surface area (Å²) < 4.78 is 0. The zero-order valence-corrected chi connectivity index (χ0v) is 10.7. The van der Waals surface area contributed by atoms with E-state index in [1.807, 2.05) is 0 Å². The van der Waals surface area contributed by atoms with E-state index >= 15 is 0 Å². The molecule has 0 saturated carbocycles. The minimum Gasteiger partial charge on any atom is -0.293 e. The Labute approximate surface area is 101 Å². The molecule has 0 spiro atoms. The number of hydrogen-bond donors (Lipinski definition) is 0. The summed E-state index contributed by atoms with van der Waals surface area (Å²) in [6.07, 6.45) is 6.31. The van der Waals surface area contributed by atoms with Crippen LogP contribution < -0.4 is 0 Å². The normalized spacial score (nSPS) is 14.6. The monoisotopic (exact) mass is 234 g/mol. The van der Waals surface area contributed by atoms with Crippen LogP contribution in [0.15, 0.2) is 18.2 Å². The largest absolute Gasteiger partial charge is 0.293 e. The first-order valence-corrected chi connectivity index (χ1v) is 6.83. The zero-order chi connectivity index (χ0) is 11.5. The fraction of sp³-hybridized carbons (Fsp3) is 0.500. The van der Waals surface area contributed by atoms with Gasteiger partial charge >= 0.3 is 0 Å². The fourth-order valence-corrected chi connectivity index (χ4v) is 3.26. The maximum absolute atomic E-state index is 12.0. The summed E-state index contributed by atoms with van der Waals surface area (Å²) in [7, 11) is 0. The lowest BCUT2D eigenvalue weighted by Gasteiger charge is -2.08. The van der Waals surface area contributed by atoms with Crippen LogP contribution in [0, 0.1) is 0 Å². The van der Waals surface area contributed by atoms with Gasteiger partial charge in [0.1, 0.15) is 0 Å². The minimum absolute atomic E-state index is 0.256. The number of ketones is 1. The summed E-state index contributed by atoms with van der Waals surface area (Å²) >= 11 is 1.71. The summed E-state index contributed by atoms with van der Waals surface area (Å²) in [5.41, 5.74) is 2.46. The molecule has 1 aliphatic rings. The first-order valence-electron chi connectivity index (χ1n) is 6.02. The van der Waals surface area contributed by atoms with Gasteiger partial charge in [-0.3, -0.25) is 4.79 Å². The molecule has 86 valence electrons. The maximum Gasteiger partial charge on any atom is 0.176 e. The predicted octanol–water partition coefficient (Wildman–Crippen LogP) is 4.17. The third kappa shape index (κ3) is 2.43. The first-order chi connectivity index (χ1) is 7.70. The van der Waals surface area contributed by atoms with Crippen LogP contribution in [0.5, 0.6) is 0 Å². The molecule has 0 saturated heterocycles. The highest BCUT2D eigenvalue weighted by Crippen LogP contribution is 2.30. The lowest BCUT2D eigenvalue weighted by atomic mass is 9.98. The van der Waals surface area contributed by atoms with Crippen LogP contribution in [0.3, 0.4) is 0 Å². The highest BCUT2D eigenvalue weighted by Gasteiger charge is 2.17. The summed E-state index contributed by atoms with van der Waals surface area (Å²) in [6, 6.07) is 2.12. The van der Waals surface area contributed by atoms with Gasteiger partial charge in [0.2, 0.25) is 0 Å². The fourth-order valence-electron chi connectivity index (χ4n) is 2.07. The number of Topliss-reactive ketones (excluding diaryl/α,β-unsaturated/α-hetero) is 1. The average Bonchev–Trinajstić information content (AvgIpc) is 2.72. The van der Waals surface area contributed by atoms with Gasteiger partial charge in [-0.2, -0.15) is 0 Å². The van der Waals surface area contributed by atoms with Gasteiger partial charge in [0, 0.05) is 11.3 Å². The molecule has 16 heavy (non-hydrogen) atoms. The standard InChI is InChI=1S/C14H18OS/c1-3-10(2)8-12(15)14-9-11-6-4-5-7-13(11)16-14/h9H,2-8H2,1H3. The molecule has 1 aromatic rings. The molecule has 0 aromatic carbocycles. The quantitative estimate of drug-likeness (QED) is 0.564. The van der Waals surface area contributed by atoms with Gasteiger partial charge in [-0.1, -0.05) is 19.1 Å². The van der Waals surface area contributed by atoms with Gasteiger partial charge in [-0.05, 0) is 43.7 Å². The van der Waals surface area contributed by atoms with Crippen molar-refractivity contribution in [3.63, 3.8) is 0 Å². The van der Waals surface area contributed by atoms with Gasteiger partial charge in [0.25, 0.3) is 0 Å². The average molecular weight is 234 g/mol. The molecular weight excluding hydrogens is 216 g/mol. The molecule has 1 nitrogen and oxygen atoms in total. The molecule has 2 rings (SSSR count). The SMILES string of the molecule is C=C(CC)CC(=O)c1cc2c(s1)CCCC2. The molecule has 0 aliphatic heterocycles. The Balaban J connectivity index is 2.12. The molecule has 1 aromatic heterocycles. The molecule has 0 fully saturated rings. The van der Waals surface area contributed by atoms with E-state index in [4.69, 9.17) is 0 Å². The molecule has 1 aliphatic carbocycles. The molecule has 0 radical (unpaired) electrons. The summed E-state index contributed by atoms with van der Waals surface area (Å²) in [6.45, 7) is 5.96. The molecule has 1 heterocycles. The third-order valence-electron chi connectivity index (χ3n) is 3.18. The van der Waals surface area contributed by atoms with Crippen LogP contribution in [0.4, 0.5) is 0 Å². The second kappa shape index (κ2) is 4.96. The van der Waals surface area contributed by atoms with Gasteiger partial charge in [-0.25, -0.2) is 0 Å². The van der Waals surface area contributed by atoms with E-state index in [0.717, 1.165) is 23.3 Å². The molecule has 2 heteroatoms. The van der Waals surface area contributed by atoms with Gasteiger partial charge in [0.15, 0.2) is 5.78 Å². The van der Waals surface area contributed by atoms with Crippen molar-refractivity contribution < 1.29 is 4.79 Å². The van der Waals surface area contributed by atoms with E-state index in [9.17, 15) is 4.79 Å². The van der Waals surface area contributed by atoms with E-state index in [1.165, 1.54) is 29.7 Å². The number of carbonyl (C=O) groups is 1. The summed E-state index contributed by atoms with van der Waals surface area (Å²) in [5.74, 6) is 0.256. The first kappa shape index (κ1) is 11.6. The molecule has 0 bridgehead atoms. The maximum atomic E-state index is 12.0. The molecule has 0 N–H and O–H groups in total. The Kier molecular flexibility index (Phi) is 3.59. The predicted molar refractivity (Wildman–Crippen MR) is 69.3 cm³/mol. The zero-order valence-electron chi connectivity index (χ0n) is 9.84. The van der Waals surface area contributed by atoms with E-state index in [1.54, 1.807) is 11.3 Å². The van der Waals surface area contributed by atoms with Crippen molar-refractivity contribution in [3.8, 4) is 0 Å². The van der Waals surface area contributed by atoms with Crippen molar-refractivity contribution in [1.29, 1.82) is 0 Å². The van der Waals surface area contributed by atoms with E-state index in [2.05, 4.69) is 19.6 Å². The van der Waals surface area contributed by atoms with Crippen molar-refractivity contribution in [2.45, 2.75) is 45.4 Å². The van der Waals surface area contributed by atoms with E-state index in [-0.39, 0.29) is 5.78 Å². The number of fused-ring (bicyclic) bond motifs is 1. The smallest absolute Gasteiger partial charge is 0.176 e. The number of thiophene rings is 1. The number of aryl methyl sites for hydroxylation is 2. The highest BCUT2D eigenvalue weighted by atomic mass is 32.1. The Morgan fingerprint density at radius 2 is 2.19 bits per heavy atom. The van der Waals surface area contributed by atoms with Crippen LogP contribution in [0.1, 0.15) is 52.7 Å². The lowest BCUT2D eigenvalue weighted by Crippen LogP contribution is -1.97. The van der Waals surface area contributed by atoms with Crippen LogP contribution in [-0.2, 0) is 12.8 Å².